The minimum atomic E-state index is 0.154. The zero-order chi connectivity index (χ0) is 25.5. The van der Waals surface area contributed by atoms with Gasteiger partial charge in [-0.2, -0.15) is 0 Å². The first kappa shape index (κ1) is 26.4. The van der Waals surface area contributed by atoms with Crippen molar-refractivity contribution in [1.29, 1.82) is 0 Å². The lowest BCUT2D eigenvalue weighted by molar-refractivity contribution is 0.670. The van der Waals surface area contributed by atoms with Crippen LogP contribution in [0, 0.1) is 0 Å². The quantitative estimate of drug-likeness (QED) is 0.226. The topological polar surface area (TPSA) is 24.4 Å². The highest BCUT2D eigenvalue weighted by molar-refractivity contribution is 7.14. The molecule has 0 saturated heterocycles. The smallest absolute Gasteiger partial charge is 0.105 e. The molecule has 0 amide bonds. The lowest BCUT2D eigenvalue weighted by Crippen LogP contribution is -2.31. The zero-order valence-electron chi connectivity index (χ0n) is 22.1. The molecule has 1 unspecified atom stereocenters. The summed E-state index contributed by atoms with van der Waals surface area (Å²) in [5.74, 6) is 0. The largest absolute Gasteiger partial charge is 0.370 e. The summed E-state index contributed by atoms with van der Waals surface area (Å²) in [7, 11) is 0. The van der Waals surface area contributed by atoms with Crippen LogP contribution in [0.2, 0.25) is 0 Å². The molecule has 1 atom stereocenters. The number of fused-ring (bicyclic) bond motifs is 2. The van der Waals surface area contributed by atoms with Gasteiger partial charge in [0.25, 0.3) is 0 Å². The number of hydrogen-bond donors (Lipinski definition) is 1. The standard InChI is InChI=1S/C32H38N2S3/c1-3-5-7-9-13-23-17-19-25(35-23)21-29-31-32(34-28-16-12-11-15-27(28)33-31)30(37-29)22-26-20-18-24(36-26)14-10-8-6-4-2/h11-12,15-22,27,33H,3-10,13-14H2,1-2H3/b29-21-,30-22-. The molecule has 0 saturated carbocycles. The molecule has 5 rings (SSSR count). The van der Waals surface area contributed by atoms with E-state index in [9.17, 15) is 0 Å². The van der Waals surface area contributed by atoms with Gasteiger partial charge in [-0.25, -0.2) is 4.99 Å². The van der Waals surface area contributed by atoms with E-state index in [-0.39, 0.29) is 6.04 Å². The number of hydrogen-bond acceptors (Lipinski definition) is 5. The summed E-state index contributed by atoms with van der Waals surface area (Å²) in [6.45, 7) is 4.55. The van der Waals surface area contributed by atoms with Gasteiger partial charge in [0.15, 0.2) is 0 Å². The third-order valence-electron chi connectivity index (χ3n) is 6.94. The van der Waals surface area contributed by atoms with Gasteiger partial charge in [0, 0.05) is 19.5 Å². The molecule has 5 heteroatoms. The van der Waals surface area contributed by atoms with Crippen molar-refractivity contribution in [2.24, 2.45) is 4.99 Å². The van der Waals surface area contributed by atoms with Crippen LogP contribution >= 0.6 is 34.0 Å². The van der Waals surface area contributed by atoms with E-state index in [2.05, 4.69) is 79.9 Å². The molecular formula is C32H38N2S3. The molecule has 4 heterocycles. The van der Waals surface area contributed by atoms with E-state index in [1.165, 1.54) is 98.5 Å². The van der Waals surface area contributed by atoms with Crippen LogP contribution in [0.25, 0.3) is 12.2 Å². The number of allylic oxidation sites excluding steroid dienone is 2. The summed E-state index contributed by atoms with van der Waals surface area (Å²) in [5, 5.41) is 3.79. The van der Waals surface area contributed by atoms with Crippen LogP contribution in [0.5, 0.6) is 0 Å². The normalized spacial score (nSPS) is 17.1. The molecular weight excluding hydrogens is 509 g/mol. The second-order valence-electron chi connectivity index (χ2n) is 9.98. The molecule has 0 bridgehead atoms. The molecule has 2 aliphatic rings. The molecule has 2 nitrogen and oxygen atoms in total. The van der Waals surface area contributed by atoms with E-state index in [0.29, 0.717) is 0 Å². The maximum Gasteiger partial charge on any atom is 0.105 e. The summed E-state index contributed by atoms with van der Waals surface area (Å²) in [6, 6.07) is 9.37. The number of aryl methyl sites for hydroxylation is 2. The van der Waals surface area contributed by atoms with Crippen molar-refractivity contribution in [3.63, 3.8) is 0 Å². The Hall–Kier alpha value is -2.21. The number of rotatable bonds is 12. The molecule has 0 spiro atoms. The van der Waals surface area contributed by atoms with E-state index in [1.54, 1.807) is 0 Å². The maximum absolute atomic E-state index is 5.15. The number of nitrogens with one attached hydrogen (secondary N) is 1. The predicted octanol–water partition coefficient (Wildman–Crippen LogP) is 8.77. The molecule has 1 aliphatic heterocycles. The number of unbranched alkanes of at least 4 members (excludes halogenated alkanes) is 6. The molecule has 3 aromatic rings. The summed E-state index contributed by atoms with van der Waals surface area (Å²) < 4.78 is 2.53. The Balaban J connectivity index is 1.44. The van der Waals surface area contributed by atoms with Crippen LogP contribution in [0.4, 0.5) is 11.4 Å². The van der Waals surface area contributed by atoms with E-state index in [1.807, 2.05) is 34.0 Å². The Bertz CT molecular complexity index is 1400. The van der Waals surface area contributed by atoms with Crippen LogP contribution in [0.15, 0.2) is 53.6 Å². The second kappa shape index (κ2) is 13.0. The van der Waals surface area contributed by atoms with Gasteiger partial charge in [0.05, 0.1) is 26.5 Å². The van der Waals surface area contributed by atoms with E-state index < -0.39 is 0 Å². The molecule has 194 valence electrons. The Morgan fingerprint density at radius 1 is 0.757 bits per heavy atom. The van der Waals surface area contributed by atoms with Gasteiger partial charge in [-0.15, -0.1) is 34.0 Å². The number of thiophene rings is 3. The predicted molar refractivity (Wildman–Crippen MR) is 168 cm³/mol. The van der Waals surface area contributed by atoms with E-state index in [0.717, 1.165) is 11.4 Å². The van der Waals surface area contributed by atoms with Crippen molar-refractivity contribution in [1.82, 2.24) is 0 Å². The van der Waals surface area contributed by atoms with E-state index >= 15 is 0 Å². The summed E-state index contributed by atoms with van der Waals surface area (Å²) in [4.78, 5) is 10.8. The van der Waals surface area contributed by atoms with Crippen LogP contribution in [-0.2, 0) is 12.8 Å². The number of nitrogens with zero attached hydrogens (tertiary/aromatic N) is 1. The van der Waals surface area contributed by atoms with Gasteiger partial charge >= 0.3 is 0 Å². The second-order valence-corrected chi connectivity index (χ2v) is 13.5. The summed E-state index contributed by atoms with van der Waals surface area (Å²) in [5.41, 5.74) is 3.37. The molecule has 37 heavy (non-hydrogen) atoms. The highest BCUT2D eigenvalue weighted by Crippen LogP contribution is 2.29. The van der Waals surface area contributed by atoms with Gasteiger partial charge < -0.3 is 5.32 Å². The third-order valence-corrected chi connectivity index (χ3v) is 10.2. The molecule has 0 fully saturated rings. The lowest BCUT2D eigenvalue weighted by atomic mass is 10.0. The third kappa shape index (κ3) is 6.81. The number of anilines is 1. The van der Waals surface area contributed by atoms with Crippen molar-refractivity contribution in [2.45, 2.75) is 84.1 Å². The fourth-order valence-corrected chi connectivity index (χ4v) is 8.13. The van der Waals surface area contributed by atoms with Crippen molar-refractivity contribution in [3.05, 3.63) is 77.1 Å². The molecule has 3 aromatic heterocycles. The maximum atomic E-state index is 5.15. The minimum Gasteiger partial charge on any atom is -0.370 e. The Morgan fingerprint density at radius 3 is 2.05 bits per heavy atom. The highest BCUT2D eigenvalue weighted by atomic mass is 32.1. The fourth-order valence-electron chi connectivity index (χ4n) is 4.88. The van der Waals surface area contributed by atoms with Crippen LogP contribution in [0.3, 0.4) is 0 Å². The first-order valence-electron chi connectivity index (χ1n) is 14.0. The highest BCUT2D eigenvalue weighted by Gasteiger charge is 2.23. The molecule has 0 radical (unpaired) electrons. The first-order valence-corrected chi connectivity index (χ1v) is 16.4. The SMILES string of the molecule is CCCCCCc1ccc(/C=c2\s/c(=C\c3ccc(CCCCCC)s3)c3c2N=C2C=CC=CC2N3)s1. The molecule has 1 aliphatic carbocycles. The Labute approximate surface area is 233 Å². The van der Waals surface area contributed by atoms with Crippen LogP contribution in [0.1, 0.15) is 84.7 Å². The zero-order valence-corrected chi connectivity index (χ0v) is 24.5. The van der Waals surface area contributed by atoms with Gasteiger partial charge in [-0.1, -0.05) is 70.6 Å². The Kier molecular flexibility index (Phi) is 9.30. The summed E-state index contributed by atoms with van der Waals surface area (Å²) >= 11 is 5.74. The van der Waals surface area contributed by atoms with Crippen LogP contribution in [-0.4, -0.2) is 11.8 Å². The summed E-state index contributed by atoms with van der Waals surface area (Å²) in [6.07, 6.45) is 26.2. The van der Waals surface area contributed by atoms with E-state index in [4.69, 9.17) is 4.99 Å². The van der Waals surface area contributed by atoms with Gasteiger partial charge in [0.1, 0.15) is 5.69 Å². The monoisotopic (exact) mass is 546 g/mol. The average molecular weight is 547 g/mol. The minimum absolute atomic E-state index is 0.154. The van der Waals surface area contributed by atoms with Crippen molar-refractivity contribution >= 4 is 63.2 Å². The van der Waals surface area contributed by atoms with Crippen LogP contribution < -0.4 is 14.4 Å². The fraction of sp³-hybridized carbons (Fsp3) is 0.406. The van der Waals surface area contributed by atoms with Gasteiger partial charge in [0.2, 0.25) is 0 Å². The molecule has 1 N–H and O–H groups in total. The first-order chi connectivity index (χ1) is 18.2. The van der Waals surface area contributed by atoms with Crippen molar-refractivity contribution in [3.8, 4) is 0 Å². The molecule has 0 aromatic carbocycles. The Morgan fingerprint density at radius 2 is 1.41 bits per heavy atom. The van der Waals surface area contributed by atoms with Crippen molar-refractivity contribution < 1.29 is 0 Å². The van der Waals surface area contributed by atoms with Gasteiger partial charge in [-0.3, -0.25) is 0 Å². The van der Waals surface area contributed by atoms with Crippen molar-refractivity contribution in [2.75, 3.05) is 5.32 Å². The number of aliphatic imine (C=N–C) groups is 1. The lowest BCUT2D eigenvalue weighted by Gasteiger charge is -2.23. The average Bonchev–Trinajstić information content (AvgIpc) is 3.64. The van der Waals surface area contributed by atoms with Gasteiger partial charge in [-0.05, 0) is 68.2 Å².